The highest BCUT2D eigenvalue weighted by Gasteiger charge is 2.19. The normalized spacial score (nSPS) is 17.9. The van der Waals surface area contributed by atoms with Gasteiger partial charge in [-0.05, 0) is 30.9 Å². The van der Waals surface area contributed by atoms with Gasteiger partial charge in [-0.1, -0.05) is 20.3 Å². The molecule has 0 unspecified atom stereocenters. The Kier molecular flexibility index (Phi) is 4.95. The molecule has 2 atom stereocenters. The maximum atomic E-state index is 12.0. The van der Waals surface area contributed by atoms with Crippen molar-refractivity contribution in [1.29, 1.82) is 0 Å². The summed E-state index contributed by atoms with van der Waals surface area (Å²) in [6.07, 6.45) is 5.05. The van der Waals surface area contributed by atoms with Gasteiger partial charge < -0.3 is 16.0 Å². The van der Waals surface area contributed by atoms with Crippen LogP contribution in [0.1, 0.15) is 33.1 Å². The number of pyridine rings is 1. The maximum Gasteiger partial charge on any atom is 0.241 e. The van der Waals surface area contributed by atoms with E-state index in [0.29, 0.717) is 5.69 Å². The molecule has 5 nitrogen and oxygen atoms in total. The zero-order chi connectivity index (χ0) is 14.5. The topological polar surface area (TPSA) is 71.2 Å². The van der Waals surface area contributed by atoms with Crippen molar-refractivity contribution in [2.75, 3.05) is 23.3 Å². The zero-order valence-corrected chi connectivity index (χ0v) is 12.3. The second kappa shape index (κ2) is 6.70. The molecule has 5 heteroatoms. The van der Waals surface area contributed by atoms with Gasteiger partial charge in [-0.25, -0.2) is 4.98 Å². The standard InChI is InChI=1S/C15H24N4O/c1-3-11(2)14(16)15(20)18-12-6-7-13(17-10-12)19-8-4-5-9-19/h6-7,10-11,14H,3-5,8-9,16H2,1-2H3,(H,18,20)/t11-,14-/m0/s1. The number of anilines is 2. The predicted octanol–water partition coefficient (Wildman–Crippen LogP) is 1.99. The molecule has 0 spiro atoms. The van der Waals surface area contributed by atoms with Crippen LogP contribution in [-0.2, 0) is 4.79 Å². The minimum absolute atomic E-state index is 0.143. The van der Waals surface area contributed by atoms with E-state index in [9.17, 15) is 4.79 Å². The minimum Gasteiger partial charge on any atom is -0.357 e. The molecule has 0 radical (unpaired) electrons. The molecule has 1 aliphatic heterocycles. The fourth-order valence-electron chi connectivity index (χ4n) is 2.33. The Balaban J connectivity index is 1.94. The van der Waals surface area contributed by atoms with Crippen molar-refractivity contribution in [1.82, 2.24) is 4.98 Å². The van der Waals surface area contributed by atoms with Crippen LogP contribution in [0.15, 0.2) is 18.3 Å². The van der Waals surface area contributed by atoms with E-state index in [2.05, 4.69) is 15.2 Å². The van der Waals surface area contributed by atoms with Gasteiger partial charge in [-0.3, -0.25) is 4.79 Å². The van der Waals surface area contributed by atoms with E-state index < -0.39 is 6.04 Å². The molecule has 1 aliphatic rings. The van der Waals surface area contributed by atoms with Crippen LogP contribution >= 0.6 is 0 Å². The van der Waals surface area contributed by atoms with Crippen LogP contribution in [0.3, 0.4) is 0 Å². The monoisotopic (exact) mass is 276 g/mol. The summed E-state index contributed by atoms with van der Waals surface area (Å²) >= 11 is 0. The Hall–Kier alpha value is -1.62. The first-order valence-electron chi connectivity index (χ1n) is 7.39. The first kappa shape index (κ1) is 14.8. The lowest BCUT2D eigenvalue weighted by Gasteiger charge is -2.19. The van der Waals surface area contributed by atoms with Crippen LogP contribution in [-0.4, -0.2) is 30.0 Å². The Bertz CT molecular complexity index is 440. The molecule has 1 fully saturated rings. The molecular formula is C15H24N4O. The first-order valence-corrected chi connectivity index (χ1v) is 7.39. The molecule has 1 saturated heterocycles. The zero-order valence-electron chi connectivity index (χ0n) is 12.3. The quantitative estimate of drug-likeness (QED) is 0.863. The van der Waals surface area contributed by atoms with Crippen LogP contribution < -0.4 is 16.0 Å². The molecular weight excluding hydrogens is 252 g/mol. The van der Waals surface area contributed by atoms with Gasteiger partial charge in [0.1, 0.15) is 5.82 Å². The lowest BCUT2D eigenvalue weighted by atomic mass is 9.99. The molecule has 0 aromatic carbocycles. The smallest absolute Gasteiger partial charge is 0.241 e. The number of hydrogen-bond donors (Lipinski definition) is 2. The van der Waals surface area contributed by atoms with Gasteiger partial charge in [0.15, 0.2) is 0 Å². The summed E-state index contributed by atoms with van der Waals surface area (Å²) in [4.78, 5) is 18.6. The number of nitrogens with one attached hydrogen (secondary N) is 1. The number of nitrogens with zero attached hydrogens (tertiary/aromatic N) is 2. The van der Waals surface area contributed by atoms with Gasteiger partial charge in [-0.15, -0.1) is 0 Å². The molecule has 0 aliphatic carbocycles. The summed E-state index contributed by atoms with van der Waals surface area (Å²) < 4.78 is 0. The number of hydrogen-bond acceptors (Lipinski definition) is 4. The third kappa shape index (κ3) is 3.48. The third-order valence-electron chi connectivity index (χ3n) is 4.01. The maximum absolute atomic E-state index is 12.0. The molecule has 3 N–H and O–H groups in total. The second-order valence-corrected chi connectivity index (χ2v) is 5.50. The molecule has 1 aromatic heterocycles. The van der Waals surface area contributed by atoms with Crippen molar-refractivity contribution in [3.8, 4) is 0 Å². The van der Waals surface area contributed by atoms with Crippen molar-refractivity contribution < 1.29 is 4.79 Å². The lowest BCUT2D eigenvalue weighted by molar-refractivity contribution is -0.118. The summed E-state index contributed by atoms with van der Waals surface area (Å²) in [7, 11) is 0. The molecule has 1 aromatic rings. The number of carbonyl (C=O) groups excluding carboxylic acids is 1. The van der Waals surface area contributed by atoms with E-state index in [1.54, 1.807) is 6.20 Å². The number of aromatic nitrogens is 1. The van der Waals surface area contributed by atoms with Gasteiger partial charge in [0.2, 0.25) is 5.91 Å². The summed E-state index contributed by atoms with van der Waals surface area (Å²) in [6.45, 7) is 6.15. The molecule has 0 bridgehead atoms. The van der Waals surface area contributed by atoms with Crippen LogP contribution in [0, 0.1) is 5.92 Å². The number of amides is 1. The van der Waals surface area contributed by atoms with Crippen molar-refractivity contribution in [2.24, 2.45) is 11.7 Å². The minimum atomic E-state index is -0.474. The molecule has 110 valence electrons. The fraction of sp³-hybridized carbons (Fsp3) is 0.600. The van der Waals surface area contributed by atoms with Crippen LogP contribution in [0.25, 0.3) is 0 Å². The van der Waals surface area contributed by atoms with Crippen molar-refractivity contribution in [3.05, 3.63) is 18.3 Å². The van der Waals surface area contributed by atoms with E-state index >= 15 is 0 Å². The molecule has 2 rings (SSSR count). The van der Waals surface area contributed by atoms with E-state index in [1.807, 2.05) is 26.0 Å². The molecule has 1 amide bonds. The fourth-order valence-corrected chi connectivity index (χ4v) is 2.33. The summed E-state index contributed by atoms with van der Waals surface area (Å²) in [5.74, 6) is 1.01. The van der Waals surface area contributed by atoms with Gasteiger partial charge in [0, 0.05) is 13.1 Å². The van der Waals surface area contributed by atoms with Crippen molar-refractivity contribution in [2.45, 2.75) is 39.2 Å². The Morgan fingerprint density at radius 1 is 1.45 bits per heavy atom. The largest absolute Gasteiger partial charge is 0.357 e. The average Bonchev–Trinajstić information content (AvgIpc) is 3.00. The summed E-state index contributed by atoms with van der Waals surface area (Å²) in [6, 6.07) is 3.37. The Morgan fingerprint density at radius 3 is 2.70 bits per heavy atom. The van der Waals surface area contributed by atoms with E-state index in [0.717, 1.165) is 25.3 Å². The highest BCUT2D eigenvalue weighted by molar-refractivity contribution is 5.94. The van der Waals surface area contributed by atoms with E-state index in [1.165, 1.54) is 12.8 Å². The number of rotatable bonds is 5. The summed E-state index contributed by atoms with van der Waals surface area (Å²) in [5.41, 5.74) is 6.61. The molecule has 20 heavy (non-hydrogen) atoms. The van der Waals surface area contributed by atoms with E-state index in [-0.39, 0.29) is 11.8 Å². The van der Waals surface area contributed by atoms with Crippen LogP contribution in [0.4, 0.5) is 11.5 Å². The van der Waals surface area contributed by atoms with Crippen molar-refractivity contribution in [3.63, 3.8) is 0 Å². The predicted molar refractivity (Wildman–Crippen MR) is 81.7 cm³/mol. The first-order chi connectivity index (χ1) is 9.61. The molecule has 0 saturated carbocycles. The van der Waals surface area contributed by atoms with Crippen LogP contribution in [0.5, 0.6) is 0 Å². The van der Waals surface area contributed by atoms with Gasteiger partial charge >= 0.3 is 0 Å². The number of carbonyl (C=O) groups is 1. The average molecular weight is 276 g/mol. The number of nitrogens with two attached hydrogens (primary N) is 1. The SMILES string of the molecule is CC[C@H](C)[C@H](N)C(=O)Nc1ccc(N2CCCC2)nc1. The van der Waals surface area contributed by atoms with Crippen molar-refractivity contribution >= 4 is 17.4 Å². The van der Waals surface area contributed by atoms with Gasteiger partial charge in [-0.2, -0.15) is 0 Å². The van der Waals surface area contributed by atoms with Gasteiger partial charge in [0.25, 0.3) is 0 Å². The van der Waals surface area contributed by atoms with E-state index in [4.69, 9.17) is 5.73 Å². The third-order valence-corrected chi connectivity index (χ3v) is 4.01. The summed E-state index contributed by atoms with van der Waals surface area (Å²) in [5, 5.41) is 2.83. The highest BCUT2D eigenvalue weighted by atomic mass is 16.2. The second-order valence-electron chi connectivity index (χ2n) is 5.50. The van der Waals surface area contributed by atoms with Gasteiger partial charge in [0.05, 0.1) is 17.9 Å². The van der Waals surface area contributed by atoms with Crippen LogP contribution in [0.2, 0.25) is 0 Å². The molecule has 2 heterocycles. The lowest BCUT2D eigenvalue weighted by Crippen LogP contribution is -2.40. The highest BCUT2D eigenvalue weighted by Crippen LogP contribution is 2.19. The Labute approximate surface area is 120 Å². The Morgan fingerprint density at radius 2 is 2.15 bits per heavy atom.